The second kappa shape index (κ2) is 12.0. The predicted molar refractivity (Wildman–Crippen MR) is 149 cm³/mol. The van der Waals surface area contributed by atoms with Gasteiger partial charge < -0.3 is 19.7 Å². The van der Waals surface area contributed by atoms with Gasteiger partial charge in [0.2, 0.25) is 11.8 Å². The maximum Gasteiger partial charge on any atom is 0.248 e. The maximum absolute atomic E-state index is 14.2. The van der Waals surface area contributed by atoms with E-state index in [0.29, 0.717) is 29.0 Å². The number of ether oxygens (including phenoxy) is 2. The van der Waals surface area contributed by atoms with E-state index in [1.807, 2.05) is 75.4 Å². The Morgan fingerprint density at radius 3 is 2.38 bits per heavy atom. The highest BCUT2D eigenvalue weighted by molar-refractivity contribution is 5.90. The molecule has 4 rings (SSSR count). The highest BCUT2D eigenvalue weighted by Gasteiger charge is 2.36. The molecule has 0 saturated heterocycles. The Balaban J connectivity index is 1.84. The summed E-state index contributed by atoms with van der Waals surface area (Å²) in [7, 11) is 3.07. The highest BCUT2D eigenvalue weighted by atomic mass is 16.5. The van der Waals surface area contributed by atoms with Gasteiger partial charge in [-0.1, -0.05) is 66.7 Å². The first-order valence-electron chi connectivity index (χ1n) is 12.9. The normalized spacial score (nSPS) is 12.1. The predicted octanol–water partition coefficient (Wildman–Crippen LogP) is 4.52. The van der Waals surface area contributed by atoms with Crippen molar-refractivity contribution >= 4 is 22.8 Å². The van der Waals surface area contributed by atoms with Crippen LogP contribution in [0, 0.1) is 0 Å². The van der Waals surface area contributed by atoms with Crippen LogP contribution < -0.4 is 14.8 Å². The average Bonchev–Trinajstić information content (AvgIpc) is 3.35. The van der Waals surface area contributed by atoms with E-state index in [2.05, 4.69) is 15.6 Å². The number of hydrogen-bond acceptors (Lipinski definition) is 6. The fourth-order valence-electron chi connectivity index (χ4n) is 4.42. The van der Waals surface area contributed by atoms with Crippen molar-refractivity contribution in [2.75, 3.05) is 14.2 Å². The smallest absolute Gasteiger partial charge is 0.248 e. The molecule has 9 heteroatoms. The summed E-state index contributed by atoms with van der Waals surface area (Å²) in [6, 6.07) is 21.4. The van der Waals surface area contributed by atoms with Crippen molar-refractivity contribution in [3.8, 4) is 11.5 Å². The van der Waals surface area contributed by atoms with Crippen molar-refractivity contribution < 1.29 is 19.1 Å². The fourth-order valence-corrected chi connectivity index (χ4v) is 4.42. The molecular weight excluding hydrogens is 494 g/mol. The molecule has 0 aliphatic heterocycles. The third-order valence-corrected chi connectivity index (χ3v) is 6.85. The van der Waals surface area contributed by atoms with E-state index in [0.717, 1.165) is 11.1 Å². The molecule has 1 atom stereocenters. The van der Waals surface area contributed by atoms with Gasteiger partial charge in [-0.05, 0) is 44.0 Å². The molecule has 0 radical (unpaired) electrons. The Bertz CT molecular complexity index is 1430. The largest absolute Gasteiger partial charge is 0.493 e. The first kappa shape index (κ1) is 27.6. The van der Waals surface area contributed by atoms with Gasteiger partial charge in [0.05, 0.1) is 19.7 Å². The highest BCUT2D eigenvalue weighted by Crippen LogP contribution is 2.38. The van der Waals surface area contributed by atoms with Crippen LogP contribution in [-0.4, -0.2) is 51.5 Å². The number of aromatic nitrogens is 3. The molecule has 0 bridgehead atoms. The topological polar surface area (TPSA) is 98.6 Å². The number of amides is 2. The van der Waals surface area contributed by atoms with Crippen molar-refractivity contribution in [2.24, 2.45) is 0 Å². The number of rotatable bonds is 11. The maximum atomic E-state index is 14.2. The molecule has 1 N–H and O–H groups in total. The first-order chi connectivity index (χ1) is 18.8. The second-order valence-electron chi connectivity index (χ2n) is 9.96. The van der Waals surface area contributed by atoms with Crippen molar-refractivity contribution in [2.45, 2.75) is 51.9 Å². The van der Waals surface area contributed by atoms with Gasteiger partial charge in [-0.15, -0.1) is 5.10 Å². The molecule has 4 aromatic rings. The van der Waals surface area contributed by atoms with Crippen LogP contribution >= 0.6 is 0 Å². The lowest BCUT2D eigenvalue weighted by molar-refractivity contribution is -0.143. The summed E-state index contributed by atoms with van der Waals surface area (Å²) in [4.78, 5) is 29.8. The van der Waals surface area contributed by atoms with Crippen molar-refractivity contribution in [1.82, 2.24) is 25.2 Å². The zero-order valence-corrected chi connectivity index (χ0v) is 23.0. The molecule has 0 spiro atoms. The van der Waals surface area contributed by atoms with Gasteiger partial charge in [-0.25, -0.2) is 4.68 Å². The molecule has 1 aromatic heterocycles. The zero-order chi connectivity index (χ0) is 28.0. The third kappa shape index (κ3) is 6.19. The van der Waals surface area contributed by atoms with Gasteiger partial charge in [-0.3, -0.25) is 9.59 Å². The molecular formula is C30H35N5O4. The molecule has 0 fully saturated rings. The second-order valence-corrected chi connectivity index (χ2v) is 9.96. The van der Waals surface area contributed by atoms with Gasteiger partial charge in [0.1, 0.15) is 18.1 Å². The van der Waals surface area contributed by atoms with Crippen LogP contribution in [0.5, 0.6) is 11.5 Å². The number of benzene rings is 3. The molecule has 9 nitrogen and oxygen atoms in total. The molecule has 1 heterocycles. The van der Waals surface area contributed by atoms with E-state index in [9.17, 15) is 9.59 Å². The third-order valence-electron chi connectivity index (χ3n) is 6.85. The SMILES string of the molecule is CCC(C)(C)NC(=O)[C@@H](c1cccc(OC)c1OC)N(Cc1ccccc1)C(=O)Cn1nnc2ccccc21. The summed E-state index contributed by atoms with van der Waals surface area (Å²) < 4.78 is 12.8. The number of carbonyl (C=O) groups excluding carboxylic acids is 2. The average molecular weight is 530 g/mol. The van der Waals surface area contributed by atoms with Gasteiger partial charge in [-0.2, -0.15) is 0 Å². The quantitative estimate of drug-likeness (QED) is 0.307. The van der Waals surface area contributed by atoms with Crippen LogP contribution in [-0.2, 0) is 22.7 Å². The van der Waals surface area contributed by atoms with E-state index in [-0.39, 0.29) is 24.9 Å². The number of nitrogens with one attached hydrogen (secondary N) is 1. The molecule has 204 valence electrons. The lowest BCUT2D eigenvalue weighted by Crippen LogP contribution is -2.50. The number of hydrogen-bond donors (Lipinski definition) is 1. The van der Waals surface area contributed by atoms with Crippen molar-refractivity contribution in [3.05, 3.63) is 83.9 Å². The van der Waals surface area contributed by atoms with Crippen molar-refractivity contribution in [3.63, 3.8) is 0 Å². The van der Waals surface area contributed by atoms with E-state index in [1.165, 1.54) is 7.11 Å². The minimum absolute atomic E-state index is 0.0966. The molecule has 0 aliphatic rings. The van der Waals surface area contributed by atoms with Crippen LogP contribution in [0.15, 0.2) is 72.8 Å². The lowest BCUT2D eigenvalue weighted by Gasteiger charge is -2.35. The van der Waals surface area contributed by atoms with E-state index >= 15 is 0 Å². The monoisotopic (exact) mass is 529 g/mol. The fraction of sp³-hybridized carbons (Fsp3) is 0.333. The summed E-state index contributed by atoms with van der Waals surface area (Å²) in [6.45, 7) is 6.01. The summed E-state index contributed by atoms with van der Waals surface area (Å²) in [6.07, 6.45) is 0.707. The lowest BCUT2D eigenvalue weighted by atomic mass is 9.97. The summed E-state index contributed by atoms with van der Waals surface area (Å²) >= 11 is 0. The molecule has 0 unspecified atom stereocenters. The van der Waals surface area contributed by atoms with Gasteiger partial charge in [0.15, 0.2) is 11.5 Å². The number of nitrogens with zero attached hydrogens (tertiary/aromatic N) is 4. The minimum Gasteiger partial charge on any atom is -0.493 e. The Morgan fingerprint density at radius 1 is 0.974 bits per heavy atom. The minimum atomic E-state index is -1.01. The van der Waals surface area contributed by atoms with Crippen LogP contribution in [0.1, 0.15) is 44.4 Å². The Morgan fingerprint density at radius 2 is 1.69 bits per heavy atom. The van der Waals surface area contributed by atoms with Crippen LogP contribution in [0.25, 0.3) is 11.0 Å². The Kier molecular flexibility index (Phi) is 8.49. The van der Waals surface area contributed by atoms with Gasteiger partial charge >= 0.3 is 0 Å². The van der Waals surface area contributed by atoms with E-state index in [4.69, 9.17) is 9.47 Å². The van der Waals surface area contributed by atoms with Crippen LogP contribution in [0.2, 0.25) is 0 Å². The van der Waals surface area contributed by atoms with Crippen LogP contribution in [0.3, 0.4) is 0 Å². The first-order valence-corrected chi connectivity index (χ1v) is 12.9. The van der Waals surface area contributed by atoms with Gasteiger partial charge in [0, 0.05) is 17.6 Å². The number of para-hydroxylation sites is 2. The summed E-state index contributed by atoms with van der Waals surface area (Å²) in [5.74, 6) is 0.249. The zero-order valence-electron chi connectivity index (χ0n) is 23.0. The van der Waals surface area contributed by atoms with Crippen molar-refractivity contribution in [1.29, 1.82) is 0 Å². The molecule has 0 aliphatic carbocycles. The molecule has 39 heavy (non-hydrogen) atoms. The Labute approximate surface area is 228 Å². The number of fused-ring (bicyclic) bond motifs is 1. The van der Waals surface area contributed by atoms with Crippen LogP contribution in [0.4, 0.5) is 0 Å². The number of methoxy groups -OCH3 is 2. The standard InChI is InChI=1S/C30H35N5O4/c1-6-30(2,3)31-29(37)27(22-15-12-18-25(38-4)28(22)39-5)34(19-21-13-8-7-9-14-21)26(36)20-35-24-17-11-10-16-23(24)32-33-35/h7-18,27H,6,19-20H2,1-5H3,(H,31,37)/t27-/m1/s1. The van der Waals surface area contributed by atoms with E-state index < -0.39 is 11.6 Å². The van der Waals surface area contributed by atoms with E-state index in [1.54, 1.807) is 34.9 Å². The molecule has 0 saturated carbocycles. The van der Waals surface area contributed by atoms with Gasteiger partial charge in [0.25, 0.3) is 0 Å². The molecule has 2 amide bonds. The molecule has 3 aromatic carbocycles. The summed E-state index contributed by atoms with van der Waals surface area (Å²) in [5.41, 5.74) is 2.33. The Hall–Kier alpha value is -4.40. The number of carbonyl (C=O) groups is 2. The summed E-state index contributed by atoms with van der Waals surface area (Å²) in [5, 5.41) is 11.5.